The Morgan fingerprint density at radius 2 is 2.11 bits per heavy atom. The Kier molecular flexibility index (Phi) is 7.25. The van der Waals surface area contributed by atoms with Crippen molar-refractivity contribution in [3.05, 3.63) is 0 Å². The van der Waals surface area contributed by atoms with Gasteiger partial charge in [-0.3, -0.25) is 4.79 Å². The van der Waals surface area contributed by atoms with Gasteiger partial charge in [-0.25, -0.2) is 4.79 Å². The lowest BCUT2D eigenvalue weighted by atomic mass is 9.86. The average Bonchev–Trinajstić information content (AvgIpc) is 2.38. The van der Waals surface area contributed by atoms with Crippen LogP contribution in [0.1, 0.15) is 38.5 Å². The van der Waals surface area contributed by atoms with E-state index >= 15 is 0 Å². The highest BCUT2D eigenvalue weighted by Gasteiger charge is 2.27. The van der Waals surface area contributed by atoms with Crippen LogP contribution in [0.25, 0.3) is 0 Å². The van der Waals surface area contributed by atoms with Crippen LogP contribution in [0.15, 0.2) is 0 Å². The number of nitrogens with one attached hydrogen (secondary N) is 2. The minimum absolute atomic E-state index is 0.0196. The summed E-state index contributed by atoms with van der Waals surface area (Å²) < 4.78 is 4.92. The molecule has 110 valence electrons. The molecule has 0 aromatic carbocycles. The smallest absolute Gasteiger partial charge is 0.315 e. The highest BCUT2D eigenvalue weighted by atomic mass is 16.5. The Labute approximate surface area is 113 Å². The Hall–Kier alpha value is -1.30. The minimum atomic E-state index is -0.758. The summed E-state index contributed by atoms with van der Waals surface area (Å²) >= 11 is 0. The van der Waals surface area contributed by atoms with Crippen LogP contribution in [0, 0.1) is 5.92 Å². The standard InChI is InChI=1S/C13H24N2O4/c1-19-8-3-2-7-14-13(18)15-11-6-4-5-10(9-11)12(16)17/h10-11H,2-9H2,1H3,(H,16,17)(H2,14,15,18). The van der Waals surface area contributed by atoms with Gasteiger partial charge in [0, 0.05) is 26.3 Å². The van der Waals surface area contributed by atoms with E-state index in [9.17, 15) is 9.59 Å². The average molecular weight is 272 g/mol. The zero-order chi connectivity index (χ0) is 14.1. The molecule has 1 fully saturated rings. The molecule has 0 bridgehead atoms. The van der Waals surface area contributed by atoms with Gasteiger partial charge in [-0.15, -0.1) is 0 Å². The molecule has 0 aliphatic heterocycles. The second-order valence-electron chi connectivity index (χ2n) is 5.00. The number of ether oxygens (including phenoxy) is 1. The maximum atomic E-state index is 11.6. The third-order valence-electron chi connectivity index (χ3n) is 3.42. The van der Waals surface area contributed by atoms with Gasteiger partial charge in [0.1, 0.15) is 0 Å². The van der Waals surface area contributed by atoms with Gasteiger partial charge in [0.2, 0.25) is 0 Å². The Bertz CT molecular complexity index is 296. The van der Waals surface area contributed by atoms with Crippen molar-refractivity contribution in [3.63, 3.8) is 0 Å². The van der Waals surface area contributed by atoms with Crippen molar-refractivity contribution in [1.29, 1.82) is 0 Å². The van der Waals surface area contributed by atoms with Crippen molar-refractivity contribution in [1.82, 2.24) is 10.6 Å². The van der Waals surface area contributed by atoms with E-state index in [0.29, 0.717) is 26.0 Å². The molecule has 2 unspecified atom stereocenters. The van der Waals surface area contributed by atoms with Crippen LogP contribution in [0.5, 0.6) is 0 Å². The fourth-order valence-corrected chi connectivity index (χ4v) is 2.35. The number of hydrogen-bond acceptors (Lipinski definition) is 3. The molecule has 1 aliphatic carbocycles. The summed E-state index contributed by atoms with van der Waals surface area (Å²) in [6.45, 7) is 1.32. The zero-order valence-electron chi connectivity index (χ0n) is 11.5. The van der Waals surface area contributed by atoms with Crippen LogP contribution >= 0.6 is 0 Å². The lowest BCUT2D eigenvalue weighted by Gasteiger charge is -2.27. The van der Waals surface area contributed by atoms with Gasteiger partial charge in [-0.05, 0) is 32.1 Å². The molecule has 0 heterocycles. The van der Waals surface area contributed by atoms with Crippen molar-refractivity contribution < 1.29 is 19.4 Å². The molecule has 0 saturated heterocycles. The van der Waals surface area contributed by atoms with Crippen molar-refractivity contribution in [2.24, 2.45) is 5.92 Å². The number of carbonyl (C=O) groups excluding carboxylic acids is 1. The number of amides is 2. The van der Waals surface area contributed by atoms with Gasteiger partial charge >= 0.3 is 12.0 Å². The number of hydrogen-bond donors (Lipinski definition) is 3. The summed E-state index contributed by atoms with van der Waals surface area (Å²) in [5, 5.41) is 14.6. The highest BCUT2D eigenvalue weighted by molar-refractivity contribution is 5.74. The van der Waals surface area contributed by atoms with Crippen molar-refractivity contribution >= 4 is 12.0 Å². The summed E-state index contributed by atoms with van der Waals surface area (Å²) in [6.07, 6.45) is 4.76. The molecule has 2 amide bonds. The van der Waals surface area contributed by atoms with E-state index in [1.165, 1.54) is 0 Å². The molecular weight excluding hydrogens is 248 g/mol. The summed E-state index contributed by atoms with van der Waals surface area (Å²) in [5.74, 6) is -1.08. The maximum Gasteiger partial charge on any atom is 0.315 e. The highest BCUT2D eigenvalue weighted by Crippen LogP contribution is 2.24. The molecule has 3 N–H and O–H groups in total. The SMILES string of the molecule is COCCCCNC(=O)NC1CCCC(C(=O)O)C1. The number of carbonyl (C=O) groups is 2. The van der Waals surface area contributed by atoms with E-state index in [-0.39, 0.29) is 18.0 Å². The monoisotopic (exact) mass is 272 g/mol. The van der Waals surface area contributed by atoms with Crippen molar-refractivity contribution in [3.8, 4) is 0 Å². The lowest BCUT2D eigenvalue weighted by molar-refractivity contribution is -0.143. The van der Waals surface area contributed by atoms with E-state index in [1.807, 2.05) is 0 Å². The van der Waals surface area contributed by atoms with Crippen LogP contribution in [0.3, 0.4) is 0 Å². The van der Waals surface area contributed by atoms with Crippen LogP contribution in [0.4, 0.5) is 4.79 Å². The van der Waals surface area contributed by atoms with Crippen LogP contribution in [-0.4, -0.2) is 43.4 Å². The largest absolute Gasteiger partial charge is 0.481 e. The van der Waals surface area contributed by atoms with E-state index < -0.39 is 5.97 Å². The van der Waals surface area contributed by atoms with E-state index in [2.05, 4.69) is 10.6 Å². The van der Waals surface area contributed by atoms with Crippen molar-refractivity contribution in [2.45, 2.75) is 44.6 Å². The molecule has 6 nitrogen and oxygen atoms in total. The molecule has 19 heavy (non-hydrogen) atoms. The summed E-state index contributed by atoms with van der Waals surface area (Å²) in [5.41, 5.74) is 0. The summed E-state index contributed by atoms with van der Waals surface area (Å²) in [7, 11) is 1.65. The first kappa shape index (κ1) is 15.8. The number of carboxylic acid groups (broad SMARTS) is 1. The Balaban J connectivity index is 2.15. The molecule has 0 aromatic rings. The number of unbranched alkanes of at least 4 members (excludes halogenated alkanes) is 1. The molecule has 0 aromatic heterocycles. The number of methoxy groups -OCH3 is 1. The predicted molar refractivity (Wildman–Crippen MR) is 71.0 cm³/mol. The van der Waals surface area contributed by atoms with Crippen LogP contribution in [0.2, 0.25) is 0 Å². The number of carboxylic acids is 1. The number of rotatable bonds is 7. The third-order valence-corrected chi connectivity index (χ3v) is 3.42. The molecule has 0 radical (unpaired) electrons. The van der Waals surface area contributed by atoms with Gasteiger partial charge in [-0.2, -0.15) is 0 Å². The zero-order valence-corrected chi connectivity index (χ0v) is 11.5. The molecule has 1 rings (SSSR count). The van der Waals surface area contributed by atoms with E-state index in [0.717, 1.165) is 25.7 Å². The first-order valence-corrected chi connectivity index (χ1v) is 6.89. The van der Waals surface area contributed by atoms with Gasteiger partial charge in [-0.1, -0.05) is 6.42 Å². The molecule has 1 aliphatic rings. The maximum absolute atomic E-state index is 11.6. The van der Waals surface area contributed by atoms with Gasteiger partial charge in [0.25, 0.3) is 0 Å². The summed E-state index contributed by atoms with van der Waals surface area (Å²) in [4.78, 5) is 22.5. The van der Waals surface area contributed by atoms with E-state index in [1.54, 1.807) is 7.11 Å². The third kappa shape index (κ3) is 6.42. The molecule has 0 spiro atoms. The Morgan fingerprint density at radius 3 is 2.79 bits per heavy atom. The van der Waals surface area contributed by atoms with Gasteiger partial charge in [0.05, 0.1) is 5.92 Å². The topological polar surface area (TPSA) is 87.7 Å². The molecular formula is C13H24N2O4. The fraction of sp³-hybridized carbons (Fsp3) is 0.846. The predicted octanol–water partition coefficient (Wildman–Crippen LogP) is 1.36. The molecule has 6 heteroatoms. The van der Waals surface area contributed by atoms with E-state index in [4.69, 9.17) is 9.84 Å². The first-order valence-electron chi connectivity index (χ1n) is 6.89. The molecule has 2 atom stereocenters. The molecule has 1 saturated carbocycles. The van der Waals surface area contributed by atoms with Crippen LogP contribution < -0.4 is 10.6 Å². The number of aliphatic carboxylic acids is 1. The van der Waals surface area contributed by atoms with Crippen molar-refractivity contribution in [2.75, 3.05) is 20.3 Å². The minimum Gasteiger partial charge on any atom is -0.481 e. The van der Waals surface area contributed by atoms with Crippen LogP contribution in [-0.2, 0) is 9.53 Å². The fourth-order valence-electron chi connectivity index (χ4n) is 2.35. The quantitative estimate of drug-likeness (QED) is 0.611. The normalized spacial score (nSPS) is 22.8. The second-order valence-corrected chi connectivity index (χ2v) is 5.00. The number of urea groups is 1. The van der Waals surface area contributed by atoms with Gasteiger partial charge < -0.3 is 20.5 Å². The Morgan fingerprint density at radius 1 is 1.32 bits per heavy atom. The second kappa shape index (κ2) is 8.74. The van der Waals surface area contributed by atoms with Gasteiger partial charge in [0.15, 0.2) is 0 Å². The lowest BCUT2D eigenvalue weighted by Crippen LogP contribution is -2.45. The summed E-state index contributed by atoms with van der Waals surface area (Å²) in [6, 6.07) is -0.220. The first-order chi connectivity index (χ1) is 9.13.